The topological polar surface area (TPSA) is 15.3 Å². The third kappa shape index (κ3) is 3.52. The Balaban J connectivity index is 1.72. The van der Waals surface area contributed by atoms with Gasteiger partial charge in [-0.15, -0.1) is 0 Å². The smallest absolute Gasteiger partial charge is 0.0446 e. The van der Waals surface area contributed by atoms with Crippen molar-refractivity contribution in [3.63, 3.8) is 0 Å². The lowest BCUT2D eigenvalue weighted by atomic mass is 10.0. The van der Waals surface area contributed by atoms with Crippen LogP contribution in [0.4, 0.5) is 0 Å². The van der Waals surface area contributed by atoms with Gasteiger partial charge in [0.1, 0.15) is 0 Å². The lowest BCUT2D eigenvalue weighted by Gasteiger charge is -2.23. The van der Waals surface area contributed by atoms with Gasteiger partial charge in [-0.05, 0) is 49.7 Å². The third-order valence-electron chi connectivity index (χ3n) is 4.41. The van der Waals surface area contributed by atoms with Gasteiger partial charge in [-0.25, -0.2) is 0 Å². The normalized spacial score (nSPS) is 17.0. The highest BCUT2D eigenvalue weighted by molar-refractivity contribution is 5.63. The minimum absolute atomic E-state index is 0.424. The molecule has 1 aliphatic heterocycles. The number of nitrogens with zero attached hydrogens (tertiary/aromatic N) is 1. The molecule has 1 aliphatic rings. The van der Waals surface area contributed by atoms with Crippen LogP contribution >= 0.6 is 0 Å². The highest BCUT2D eigenvalue weighted by Crippen LogP contribution is 2.23. The van der Waals surface area contributed by atoms with E-state index in [-0.39, 0.29) is 0 Å². The van der Waals surface area contributed by atoms with Crippen molar-refractivity contribution in [2.45, 2.75) is 18.9 Å². The Hall–Kier alpha value is -1.64. The lowest BCUT2D eigenvalue weighted by molar-refractivity contribution is 0.299. The molecule has 2 aromatic carbocycles. The summed E-state index contributed by atoms with van der Waals surface area (Å²) in [6.07, 6.45) is 2.70. The van der Waals surface area contributed by atoms with Crippen molar-refractivity contribution in [3.05, 3.63) is 60.2 Å². The summed E-state index contributed by atoms with van der Waals surface area (Å²) in [5, 5.41) is 3.46. The van der Waals surface area contributed by atoms with Crippen LogP contribution in [0.2, 0.25) is 0 Å². The fourth-order valence-electron chi connectivity index (χ4n) is 3.13. The summed E-state index contributed by atoms with van der Waals surface area (Å²) in [6.45, 7) is 3.61. The molecule has 0 aliphatic carbocycles. The van der Waals surface area contributed by atoms with E-state index in [2.05, 4.69) is 71.9 Å². The van der Waals surface area contributed by atoms with Crippen molar-refractivity contribution >= 4 is 0 Å². The fraction of sp³-hybridized carbons (Fsp3) is 0.368. The van der Waals surface area contributed by atoms with Gasteiger partial charge in [-0.3, -0.25) is 0 Å². The predicted octanol–water partition coefficient (Wildman–Crippen LogP) is 3.71. The quantitative estimate of drug-likeness (QED) is 0.898. The molecule has 21 heavy (non-hydrogen) atoms. The monoisotopic (exact) mass is 280 g/mol. The minimum atomic E-state index is 0.424. The molecule has 1 fully saturated rings. The summed E-state index contributed by atoms with van der Waals surface area (Å²) in [5.41, 5.74) is 3.95. The van der Waals surface area contributed by atoms with E-state index in [0.29, 0.717) is 6.04 Å². The maximum Gasteiger partial charge on any atom is 0.0446 e. The van der Waals surface area contributed by atoms with Crippen LogP contribution < -0.4 is 5.32 Å². The molecule has 1 N–H and O–H groups in total. The zero-order valence-corrected chi connectivity index (χ0v) is 12.8. The summed E-state index contributed by atoms with van der Waals surface area (Å²) in [5.74, 6) is 0. The van der Waals surface area contributed by atoms with Gasteiger partial charge in [0.05, 0.1) is 0 Å². The maximum absolute atomic E-state index is 3.46. The second kappa shape index (κ2) is 6.88. The largest absolute Gasteiger partial charge is 0.312 e. The molecule has 2 nitrogen and oxygen atoms in total. The average molecular weight is 280 g/mol. The van der Waals surface area contributed by atoms with E-state index >= 15 is 0 Å². The number of nitrogens with one attached hydrogen (secondary N) is 1. The molecule has 0 amide bonds. The predicted molar refractivity (Wildman–Crippen MR) is 89.4 cm³/mol. The Labute approximate surface area is 127 Å². The molecular formula is C19H24N2. The molecule has 110 valence electrons. The van der Waals surface area contributed by atoms with E-state index in [1.54, 1.807) is 0 Å². The van der Waals surface area contributed by atoms with Crippen molar-refractivity contribution in [2.75, 3.05) is 26.7 Å². The Morgan fingerprint density at radius 2 is 1.52 bits per heavy atom. The number of likely N-dealkylation sites (N-methyl/N-ethyl adjacent to an activating group) is 1. The SMILES string of the molecule is CN[C@H](CN1CCCC1)c1ccc(-c2ccccc2)cc1. The first-order valence-electron chi connectivity index (χ1n) is 7.92. The first-order chi connectivity index (χ1) is 10.4. The van der Waals surface area contributed by atoms with Gasteiger partial charge in [0.2, 0.25) is 0 Å². The van der Waals surface area contributed by atoms with Gasteiger partial charge in [0.25, 0.3) is 0 Å². The molecule has 0 bridgehead atoms. The third-order valence-corrected chi connectivity index (χ3v) is 4.41. The number of benzene rings is 2. The van der Waals surface area contributed by atoms with Crippen LogP contribution in [-0.4, -0.2) is 31.6 Å². The van der Waals surface area contributed by atoms with Crippen molar-refractivity contribution in [2.24, 2.45) is 0 Å². The fourth-order valence-corrected chi connectivity index (χ4v) is 3.13. The summed E-state index contributed by atoms with van der Waals surface area (Å²) < 4.78 is 0. The van der Waals surface area contributed by atoms with E-state index in [1.807, 2.05) is 0 Å². The zero-order valence-electron chi connectivity index (χ0n) is 12.8. The second-order valence-electron chi connectivity index (χ2n) is 5.84. The van der Waals surface area contributed by atoms with Crippen LogP contribution in [0.5, 0.6) is 0 Å². The van der Waals surface area contributed by atoms with Gasteiger partial charge in [-0.2, -0.15) is 0 Å². The van der Waals surface area contributed by atoms with Crippen LogP contribution in [0, 0.1) is 0 Å². The van der Waals surface area contributed by atoms with Gasteiger partial charge in [0.15, 0.2) is 0 Å². The molecule has 1 saturated heterocycles. The molecule has 2 aromatic rings. The van der Waals surface area contributed by atoms with E-state index in [0.717, 1.165) is 6.54 Å². The Morgan fingerprint density at radius 3 is 2.14 bits per heavy atom. The van der Waals surface area contributed by atoms with E-state index < -0.39 is 0 Å². The zero-order chi connectivity index (χ0) is 14.5. The average Bonchev–Trinajstić information content (AvgIpc) is 3.07. The summed E-state index contributed by atoms with van der Waals surface area (Å²) in [6, 6.07) is 20.0. The van der Waals surface area contributed by atoms with Gasteiger partial charge < -0.3 is 10.2 Å². The Kier molecular flexibility index (Phi) is 4.69. The van der Waals surface area contributed by atoms with Crippen LogP contribution in [0.25, 0.3) is 11.1 Å². The molecule has 3 rings (SSSR count). The molecule has 0 radical (unpaired) electrons. The molecular weight excluding hydrogens is 256 g/mol. The van der Waals surface area contributed by atoms with Gasteiger partial charge >= 0.3 is 0 Å². The van der Waals surface area contributed by atoms with Crippen molar-refractivity contribution < 1.29 is 0 Å². The molecule has 1 atom stereocenters. The standard InChI is InChI=1S/C19H24N2/c1-20-19(15-21-13-5-6-14-21)18-11-9-17(10-12-18)16-7-3-2-4-8-16/h2-4,7-12,19-20H,5-6,13-15H2,1H3/t19-/m1/s1. The van der Waals surface area contributed by atoms with E-state index in [9.17, 15) is 0 Å². The summed E-state index contributed by atoms with van der Waals surface area (Å²) >= 11 is 0. The molecule has 0 spiro atoms. The van der Waals surface area contributed by atoms with E-state index in [1.165, 1.54) is 42.6 Å². The molecule has 0 saturated carbocycles. The lowest BCUT2D eigenvalue weighted by Crippen LogP contribution is -2.31. The van der Waals surface area contributed by atoms with Crippen molar-refractivity contribution in [1.82, 2.24) is 10.2 Å². The van der Waals surface area contributed by atoms with Gasteiger partial charge in [0, 0.05) is 12.6 Å². The van der Waals surface area contributed by atoms with Crippen LogP contribution in [0.1, 0.15) is 24.4 Å². The van der Waals surface area contributed by atoms with Crippen molar-refractivity contribution in [1.29, 1.82) is 0 Å². The molecule has 2 heteroatoms. The maximum atomic E-state index is 3.46. The van der Waals surface area contributed by atoms with Gasteiger partial charge in [-0.1, -0.05) is 54.6 Å². The Bertz CT molecular complexity index is 542. The van der Waals surface area contributed by atoms with Crippen LogP contribution in [0.15, 0.2) is 54.6 Å². The number of rotatable bonds is 5. The highest BCUT2D eigenvalue weighted by atomic mass is 15.2. The summed E-state index contributed by atoms with van der Waals surface area (Å²) in [7, 11) is 2.06. The van der Waals surface area contributed by atoms with Crippen LogP contribution in [0.3, 0.4) is 0 Å². The number of hydrogen-bond donors (Lipinski definition) is 1. The minimum Gasteiger partial charge on any atom is -0.312 e. The molecule has 1 heterocycles. The Morgan fingerprint density at radius 1 is 0.905 bits per heavy atom. The second-order valence-corrected chi connectivity index (χ2v) is 5.84. The molecule has 0 unspecified atom stereocenters. The first kappa shape index (κ1) is 14.3. The van der Waals surface area contributed by atoms with E-state index in [4.69, 9.17) is 0 Å². The summed E-state index contributed by atoms with van der Waals surface area (Å²) in [4.78, 5) is 2.56. The highest BCUT2D eigenvalue weighted by Gasteiger charge is 2.17. The number of likely N-dealkylation sites (tertiary alicyclic amines) is 1. The first-order valence-corrected chi connectivity index (χ1v) is 7.92. The van der Waals surface area contributed by atoms with Crippen LogP contribution in [-0.2, 0) is 0 Å². The molecule has 0 aromatic heterocycles. The number of hydrogen-bond acceptors (Lipinski definition) is 2. The van der Waals surface area contributed by atoms with Crippen molar-refractivity contribution in [3.8, 4) is 11.1 Å².